The van der Waals surface area contributed by atoms with Gasteiger partial charge in [0.2, 0.25) is 11.7 Å². The first-order valence-corrected chi connectivity index (χ1v) is 8.12. The third-order valence-corrected chi connectivity index (χ3v) is 3.77. The average molecular weight is 362 g/mol. The van der Waals surface area contributed by atoms with E-state index >= 15 is 0 Å². The summed E-state index contributed by atoms with van der Waals surface area (Å²) < 4.78 is 28.7. The number of ether oxygens (including phenoxy) is 3. The van der Waals surface area contributed by atoms with Crippen molar-refractivity contribution in [2.45, 2.75) is 6.42 Å². The van der Waals surface area contributed by atoms with E-state index in [0.717, 1.165) is 5.56 Å². The summed E-state index contributed by atoms with van der Waals surface area (Å²) in [4.78, 5) is 12.0. The molecule has 0 saturated carbocycles. The minimum Gasteiger partial charge on any atom is -0.493 e. The predicted molar refractivity (Wildman–Crippen MR) is 97.7 cm³/mol. The number of halogens is 1. The molecule has 0 fully saturated rings. The van der Waals surface area contributed by atoms with Gasteiger partial charge in [0.05, 0.1) is 27.9 Å². The Kier molecular flexibility index (Phi) is 7.08. The summed E-state index contributed by atoms with van der Waals surface area (Å²) in [6.07, 6.45) is 0.635. The number of anilines is 1. The minimum absolute atomic E-state index is 0.0993. The molecule has 1 amide bonds. The molecule has 0 aliphatic carbocycles. The maximum atomic E-state index is 12.9. The molecule has 0 atom stereocenters. The van der Waals surface area contributed by atoms with E-state index in [1.54, 1.807) is 24.3 Å². The van der Waals surface area contributed by atoms with E-state index < -0.39 is 0 Å². The van der Waals surface area contributed by atoms with E-state index in [4.69, 9.17) is 14.2 Å². The second-order valence-electron chi connectivity index (χ2n) is 5.49. The number of hydrogen-bond acceptors (Lipinski definition) is 5. The van der Waals surface area contributed by atoms with Crippen LogP contribution in [0.5, 0.6) is 17.2 Å². The van der Waals surface area contributed by atoms with E-state index in [2.05, 4.69) is 10.6 Å². The van der Waals surface area contributed by atoms with E-state index in [0.29, 0.717) is 35.9 Å². The number of benzene rings is 2. The monoisotopic (exact) mass is 362 g/mol. The van der Waals surface area contributed by atoms with Crippen LogP contribution >= 0.6 is 0 Å². The van der Waals surface area contributed by atoms with Crippen molar-refractivity contribution in [2.24, 2.45) is 0 Å². The first kappa shape index (κ1) is 19.4. The van der Waals surface area contributed by atoms with Gasteiger partial charge in [-0.05, 0) is 24.1 Å². The van der Waals surface area contributed by atoms with Crippen LogP contribution in [0.1, 0.15) is 5.56 Å². The summed E-state index contributed by atoms with van der Waals surface area (Å²) in [5.41, 5.74) is 1.64. The molecule has 140 valence electrons. The summed E-state index contributed by atoms with van der Waals surface area (Å²) in [5, 5.41) is 5.84. The number of methoxy groups -OCH3 is 3. The Hall–Kier alpha value is -2.96. The highest BCUT2D eigenvalue weighted by molar-refractivity contribution is 5.81. The molecule has 2 aromatic carbocycles. The molecule has 0 aliphatic rings. The number of rotatable bonds is 9. The lowest BCUT2D eigenvalue weighted by Crippen LogP contribution is -2.31. The number of nitrogens with one attached hydrogen (secondary N) is 2. The smallest absolute Gasteiger partial charge is 0.239 e. The number of amides is 1. The summed E-state index contributed by atoms with van der Waals surface area (Å²) in [5.74, 6) is 1.08. The Morgan fingerprint density at radius 2 is 1.62 bits per heavy atom. The summed E-state index contributed by atoms with van der Waals surface area (Å²) >= 11 is 0. The highest BCUT2D eigenvalue weighted by atomic mass is 19.1. The first-order chi connectivity index (χ1) is 12.6. The van der Waals surface area contributed by atoms with Crippen molar-refractivity contribution in [2.75, 3.05) is 39.7 Å². The molecule has 0 unspecified atom stereocenters. The molecule has 26 heavy (non-hydrogen) atoms. The van der Waals surface area contributed by atoms with Gasteiger partial charge in [-0.15, -0.1) is 0 Å². The lowest BCUT2D eigenvalue weighted by atomic mass is 10.1. The topological polar surface area (TPSA) is 68.8 Å². The summed E-state index contributed by atoms with van der Waals surface area (Å²) in [7, 11) is 4.59. The highest BCUT2D eigenvalue weighted by Crippen LogP contribution is 2.39. The average Bonchev–Trinajstić information content (AvgIpc) is 2.66. The molecule has 0 saturated heterocycles. The fourth-order valence-corrected chi connectivity index (χ4v) is 2.43. The zero-order valence-corrected chi connectivity index (χ0v) is 15.1. The van der Waals surface area contributed by atoms with Gasteiger partial charge >= 0.3 is 0 Å². The minimum atomic E-state index is -0.271. The fourth-order valence-electron chi connectivity index (χ4n) is 2.43. The third kappa shape index (κ3) is 5.27. The van der Waals surface area contributed by atoms with Crippen molar-refractivity contribution in [1.82, 2.24) is 5.32 Å². The van der Waals surface area contributed by atoms with Gasteiger partial charge in [0, 0.05) is 24.4 Å². The molecule has 0 aliphatic heterocycles. The number of carbonyl (C=O) groups excluding carboxylic acids is 1. The van der Waals surface area contributed by atoms with E-state index in [1.807, 2.05) is 0 Å². The zero-order valence-electron chi connectivity index (χ0n) is 15.1. The Morgan fingerprint density at radius 3 is 2.15 bits per heavy atom. The van der Waals surface area contributed by atoms with Gasteiger partial charge < -0.3 is 24.8 Å². The first-order valence-electron chi connectivity index (χ1n) is 8.12. The lowest BCUT2D eigenvalue weighted by Gasteiger charge is -2.15. The molecule has 7 heteroatoms. The van der Waals surface area contributed by atoms with Crippen molar-refractivity contribution in [3.8, 4) is 17.2 Å². The number of carbonyl (C=O) groups is 1. The van der Waals surface area contributed by atoms with Gasteiger partial charge in [0.15, 0.2) is 11.5 Å². The molecule has 2 rings (SSSR count). The van der Waals surface area contributed by atoms with Crippen molar-refractivity contribution in [3.05, 3.63) is 47.8 Å². The van der Waals surface area contributed by atoms with Crippen LogP contribution in [0.25, 0.3) is 0 Å². The van der Waals surface area contributed by atoms with Crippen molar-refractivity contribution in [3.63, 3.8) is 0 Å². The second-order valence-corrected chi connectivity index (χ2v) is 5.49. The normalized spacial score (nSPS) is 10.2. The van der Waals surface area contributed by atoms with Crippen LogP contribution in [0.2, 0.25) is 0 Å². The summed E-state index contributed by atoms with van der Waals surface area (Å²) in [6, 6.07) is 9.68. The van der Waals surface area contributed by atoms with Gasteiger partial charge in [-0.1, -0.05) is 12.1 Å². The lowest BCUT2D eigenvalue weighted by molar-refractivity contribution is -0.119. The van der Waals surface area contributed by atoms with Crippen LogP contribution in [0.4, 0.5) is 10.1 Å². The third-order valence-electron chi connectivity index (χ3n) is 3.77. The van der Waals surface area contributed by atoms with Crippen LogP contribution in [0.15, 0.2) is 36.4 Å². The molecule has 0 spiro atoms. The Balaban J connectivity index is 1.85. The van der Waals surface area contributed by atoms with Gasteiger partial charge in [-0.3, -0.25) is 4.79 Å². The Bertz CT molecular complexity index is 710. The van der Waals surface area contributed by atoms with Crippen LogP contribution in [-0.4, -0.2) is 40.3 Å². The highest BCUT2D eigenvalue weighted by Gasteiger charge is 2.13. The van der Waals surface area contributed by atoms with Crippen molar-refractivity contribution in [1.29, 1.82) is 0 Å². The van der Waals surface area contributed by atoms with Crippen LogP contribution < -0.4 is 24.8 Å². The van der Waals surface area contributed by atoms with Crippen LogP contribution in [0, 0.1) is 5.82 Å². The molecule has 2 N–H and O–H groups in total. The molecule has 0 heterocycles. The molecule has 2 aromatic rings. The Morgan fingerprint density at radius 1 is 1.00 bits per heavy atom. The maximum absolute atomic E-state index is 12.9. The molecule has 0 aromatic heterocycles. The Labute approximate surface area is 152 Å². The predicted octanol–water partition coefficient (Wildman–Crippen LogP) is 2.62. The molecular formula is C19H23FN2O4. The van der Waals surface area contributed by atoms with Gasteiger partial charge in [-0.2, -0.15) is 0 Å². The van der Waals surface area contributed by atoms with E-state index in [9.17, 15) is 9.18 Å². The quantitative estimate of drug-likeness (QED) is 0.718. The largest absolute Gasteiger partial charge is 0.493 e. The van der Waals surface area contributed by atoms with Crippen molar-refractivity contribution >= 4 is 11.6 Å². The zero-order chi connectivity index (χ0) is 18.9. The molecule has 6 nitrogen and oxygen atoms in total. The van der Waals surface area contributed by atoms with Gasteiger partial charge in [0.1, 0.15) is 5.82 Å². The fraction of sp³-hybridized carbons (Fsp3) is 0.316. The van der Waals surface area contributed by atoms with E-state index in [1.165, 1.54) is 33.5 Å². The summed E-state index contributed by atoms with van der Waals surface area (Å²) in [6.45, 7) is 0.573. The standard InChI is InChI=1S/C19H23FN2O4/c1-24-16-10-15(11-17(25-2)19(16)26-3)22-12-18(23)21-9-8-13-4-6-14(20)7-5-13/h4-7,10-11,22H,8-9,12H2,1-3H3,(H,21,23). The van der Waals surface area contributed by atoms with E-state index in [-0.39, 0.29) is 18.3 Å². The molecule has 0 bridgehead atoms. The van der Waals surface area contributed by atoms with Crippen molar-refractivity contribution < 1.29 is 23.4 Å². The van der Waals surface area contributed by atoms with Gasteiger partial charge in [-0.25, -0.2) is 4.39 Å². The van der Waals surface area contributed by atoms with Gasteiger partial charge in [0.25, 0.3) is 0 Å². The molecule has 0 radical (unpaired) electrons. The number of hydrogen-bond donors (Lipinski definition) is 2. The second kappa shape index (κ2) is 9.50. The van der Waals surface area contributed by atoms with Crippen LogP contribution in [0.3, 0.4) is 0 Å². The SMILES string of the molecule is COc1cc(NCC(=O)NCCc2ccc(F)cc2)cc(OC)c1OC. The maximum Gasteiger partial charge on any atom is 0.239 e. The molecular weight excluding hydrogens is 339 g/mol. The van der Waals surface area contributed by atoms with Crippen LogP contribution in [-0.2, 0) is 11.2 Å².